The van der Waals surface area contributed by atoms with Crippen LogP contribution in [0.25, 0.3) is 11.0 Å². The van der Waals surface area contributed by atoms with E-state index in [1.54, 1.807) is 11.3 Å². The number of aromatic nitrogens is 3. The number of benzene rings is 1. The zero-order chi connectivity index (χ0) is 21.7. The number of carboxylic acids is 2. The number of piperidine rings is 1. The molecule has 3 aromatic rings. The third-order valence-electron chi connectivity index (χ3n) is 4.88. The molecule has 0 amide bonds. The Morgan fingerprint density at radius 2 is 1.83 bits per heavy atom. The second kappa shape index (κ2) is 9.68. The lowest BCUT2D eigenvalue weighted by Gasteiger charge is -2.29. The largest absolute Gasteiger partial charge is 0.473 e. The molecule has 1 aliphatic rings. The van der Waals surface area contributed by atoms with Crippen molar-refractivity contribution in [1.82, 2.24) is 19.4 Å². The molecule has 0 bridgehead atoms. The molecule has 0 spiro atoms. The number of anilines is 1. The molecule has 0 aliphatic carbocycles. The minimum Gasteiger partial charge on any atom is -0.473 e. The van der Waals surface area contributed by atoms with Crippen molar-refractivity contribution in [1.29, 1.82) is 0 Å². The number of fused-ring (bicyclic) bond motifs is 1. The number of aryl methyl sites for hydroxylation is 1. The van der Waals surface area contributed by atoms with E-state index in [1.807, 2.05) is 6.07 Å². The fourth-order valence-corrected chi connectivity index (χ4v) is 3.93. The van der Waals surface area contributed by atoms with E-state index < -0.39 is 11.9 Å². The van der Waals surface area contributed by atoms with E-state index >= 15 is 0 Å². The van der Waals surface area contributed by atoms with Gasteiger partial charge in [-0.15, -0.1) is 11.3 Å². The zero-order valence-corrected chi connectivity index (χ0v) is 17.7. The van der Waals surface area contributed by atoms with Gasteiger partial charge in [-0.25, -0.2) is 19.6 Å². The van der Waals surface area contributed by atoms with Crippen molar-refractivity contribution >= 4 is 40.3 Å². The van der Waals surface area contributed by atoms with Crippen LogP contribution in [0.1, 0.15) is 23.5 Å². The molecule has 0 unspecified atom stereocenters. The Morgan fingerprint density at radius 3 is 2.43 bits per heavy atom. The normalized spacial score (nSPS) is 14.9. The van der Waals surface area contributed by atoms with Crippen molar-refractivity contribution in [3.63, 3.8) is 0 Å². The van der Waals surface area contributed by atoms with Gasteiger partial charge in [-0.3, -0.25) is 0 Å². The Labute approximate surface area is 178 Å². The minimum atomic E-state index is -1.82. The fourth-order valence-electron chi connectivity index (χ4n) is 3.32. The Morgan fingerprint density at radius 1 is 1.17 bits per heavy atom. The molecule has 1 aromatic carbocycles. The number of nitrogens with one attached hydrogen (secondary N) is 1. The van der Waals surface area contributed by atoms with Crippen molar-refractivity contribution in [2.45, 2.75) is 32.4 Å². The highest BCUT2D eigenvalue weighted by molar-refractivity contribution is 7.09. The van der Waals surface area contributed by atoms with Crippen LogP contribution in [-0.2, 0) is 16.1 Å². The van der Waals surface area contributed by atoms with Crippen LogP contribution in [0.4, 0.5) is 5.95 Å². The van der Waals surface area contributed by atoms with Gasteiger partial charge in [0.1, 0.15) is 0 Å². The number of carbonyl (C=O) groups is 2. The second-order valence-electron chi connectivity index (χ2n) is 7.20. The molecule has 9 nitrogen and oxygen atoms in total. The number of likely N-dealkylation sites (tertiary alicyclic amines) is 1. The monoisotopic (exact) mass is 431 g/mol. The molecular formula is C20H25N5O4S. The smallest absolute Gasteiger partial charge is 0.414 e. The molecule has 1 fully saturated rings. The summed E-state index contributed by atoms with van der Waals surface area (Å²) in [6, 6.07) is 8.84. The van der Waals surface area contributed by atoms with Gasteiger partial charge in [-0.1, -0.05) is 12.1 Å². The topological polar surface area (TPSA) is 121 Å². The molecule has 2 aromatic heterocycles. The third-order valence-corrected chi connectivity index (χ3v) is 5.70. The first-order valence-electron chi connectivity index (χ1n) is 9.61. The van der Waals surface area contributed by atoms with Crippen molar-refractivity contribution < 1.29 is 19.8 Å². The summed E-state index contributed by atoms with van der Waals surface area (Å²) in [5.74, 6) is -2.68. The van der Waals surface area contributed by atoms with Crippen LogP contribution in [-0.4, -0.2) is 67.8 Å². The van der Waals surface area contributed by atoms with E-state index in [1.165, 1.54) is 5.52 Å². The number of aliphatic carboxylic acids is 2. The van der Waals surface area contributed by atoms with Gasteiger partial charge in [0.2, 0.25) is 5.95 Å². The van der Waals surface area contributed by atoms with E-state index in [9.17, 15) is 0 Å². The maximum Gasteiger partial charge on any atom is 0.414 e. The summed E-state index contributed by atoms with van der Waals surface area (Å²) in [6.07, 6.45) is 2.32. The molecular weight excluding hydrogens is 406 g/mol. The van der Waals surface area contributed by atoms with Crippen molar-refractivity contribution in [2.75, 3.05) is 25.5 Å². The number of hydrogen-bond acceptors (Lipinski definition) is 7. The number of carboxylic acid groups (broad SMARTS) is 2. The second-order valence-corrected chi connectivity index (χ2v) is 8.26. The first-order chi connectivity index (χ1) is 14.3. The number of hydrogen-bond donors (Lipinski definition) is 3. The molecule has 4 rings (SSSR count). The summed E-state index contributed by atoms with van der Waals surface area (Å²) in [6.45, 7) is 5.10. The molecule has 0 saturated carbocycles. The molecule has 1 aliphatic heterocycles. The van der Waals surface area contributed by atoms with Crippen molar-refractivity contribution in [3.8, 4) is 0 Å². The van der Waals surface area contributed by atoms with E-state index in [-0.39, 0.29) is 0 Å². The number of thiazole rings is 1. The van der Waals surface area contributed by atoms with E-state index in [0.29, 0.717) is 6.04 Å². The average molecular weight is 432 g/mol. The van der Waals surface area contributed by atoms with Crippen LogP contribution in [0.5, 0.6) is 0 Å². The van der Waals surface area contributed by atoms with Gasteiger partial charge in [0, 0.05) is 11.4 Å². The first-order valence-corrected chi connectivity index (χ1v) is 10.5. The lowest BCUT2D eigenvalue weighted by atomic mass is 10.1. The van der Waals surface area contributed by atoms with Crippen LogP contribution in [0.15, 0.2) is 29.6 Å². The molecule has 3 N–H and O–H groups in total. The summed E-state index contributed by atoms with van der Waals surface area (Å²) in [5, 5.41) is 21.7. The Bertz CT molecular complexity index is 1010. The van der Waals surface area contributed by atoms with Crippen LogP contribution < -0.4 is 5.32 Å². The highest BCUT2D eigenvalue weighted by Crippen LogP contribution is 2.24. The van der Waals surface area contributed by atoms with Gasteiger partial charge in [0.25, 0.3) is 0 Å². The van der Waals surface area contributed by atoms with E-state index in [0.717, 1.165) is 54.6 Å². The summed E-state index contributed by atoms with van der Waals surface area (Å²) in [4.78, 5) is 30.1. The molecule has 10 heteroatoms. The summed E-state index contributed by atoms with van der Waals surface area (Å²) in [5.41, 5.74) is 3.31. The Hall–Kier alpha value is -2.98. The van der Waals surface area contributed by atoms with Gasteiger partial charge in [-0.05, 0) is 52.0 Å². The predicted octanol–water partition coefficient (Wildman–Crippen LogP) is 2.51. The van der Waals surface area contributed by atoms with Gasteiger partial charge in [0.15, 0.2) is 0 Å². The number of rotatable bonds is 4. The van der Waals surface area contributed by atoms with Crippen LogP contribution in [0.2, 0.25) is 0 Å². The average Bonchev–Trinajstić information content (AvgIpc) is 3.28. The number of nitrogens with zero attached hydrogens (tertiary/aromatic N) is 4. The van der Waals surface area contributed by atoms with Crippen LogP contribution in [0.3, 0.4) is 0 Å². The minimum absolute atomic E-state index is 0.494. The lowest BCUT2D eigenvalue weighted by molar-refractivity contribution is -0.159. The SMILES string of the molecule is Cc1nc(Cn2c(NC3CCN(C)CC3)nc3ccccc32)cs1.O=C(O)C(=O)O. The molecule has 0 radical (unpaired) electrons. The quantitative estimate of drug-likeness (QED) is 0.539. The van der Waals surface area contributed by atoms with Crippen molar-refractivity contribution in [2.24, 2.45) is 0 Å². The standard InChI is InChI=1S/C18H23N5S.C2H2O4/c1-13-19-15(12-24-13)11-23-17-6-4-3-5-16(17)21-18(23)20-14-7-9-22(2)10-8-14;3-1(4)2(5)6/h3-6,12,14H,7-11H2,1-2H3,(H,20,21);(H,3,4)(H,5,6). The Balaban J connectivity index is 0.000000377. The highest BCUT2D eigenvalue weighted by atomic mass is 32.1. The zero-order valence-electron chi connectivity index (χ0n) is 16.9. The number of para-hydroxylation sites is 2. The Kier molecular flexibility index (Phi) is 7.01. The molecule has 160 valence electrons. The fraction of sp³-hybridized carbons (Fsp3) is 0.400. The molecule has 0 atom stereocenters. The maximum absolute atomic E-state index is 9.10. The van der Waals surface area contributed by atoms with E-state index in [2.05, 4.69) is 57.3 Å². The van der Waals surface area contributed by atoms with Crippen LogP contribution in [0, 0.1) is 6.92 Å². The van der Waals surface area contributed by atoms with Crippen LogP contribution >= 0.6 is 11.3 Å². The van der Waals surface area contributed by atoms with Gasteiger partial charge >= 0.3 is 11.9 Å². The molecule has 1 saturated heterocycles. The van der Waals surface area contributed by atoms with Crippen molar-refractivity contribution in [3.05, 3.63) is 40.3 Å². The first kappa shape index (κ1) is 21.7. The summed E-state index contributed by atoms with van der Waals surface area (Å²) in [7, 11) is 2.19. The lowest BCUT2D eigenvalue weighted by Crippen LogP contribution is -2.37. The number of imidazole rings is 1. The van der Waals surface area contributed by atoms with E-state index in [4.69, 9.17) is 24.8 Å². The van der Waals surface area contributed by atoms with Gasteiger partial charge in [-0.2, -0.15) is 0 Å². The molecule has 30 heavy (non-hydrogen) atoms. The molecule has 3 heterocycles. The van der Waals surface area contributed by atoms with Gasteiger partial charge in [0.05, 0.1) is 28.3 Å². The summed E-state index contributed by atoms with van der Waals surface area (Å²) < 4.78 is 2.27. The highest BCUT2D eigenvalue weighted by Gasteiger charge is 2.20. The van der Waals surface area contributed by atoms with Gasteiger partial charge < -0.3 is 25.0 Å². The third kappa shape index (κ3) is 5.55. The summed E-state index contributed by atoms with van der Waals surface area (Å²) >= 11 is 1.70. The predicted molar refractivity (Wildman–Crippen MR) is 115 cm³/mol. The maximum atomic E-state index is 9.10.